The van der Waals surface area contributed by atoms with Gasteiger partial charge in [-0.05, 0) is 49.9 Å². The number of hydrogen-bond donors (Lipinski definition) is 2. The summed E-state index contributed by atoms with van der Waals surface area (Å²) < 4.78 is 0. The van der Waals surface area contributed by atoms with Crippen molar-refractivity contribution in [3.8, 4) is 0 Å². The van der Waals surface area contributed by atoms with Crippen LogP contribution in [-0.4, -0.2) is 36.4 Å². The van der Waals surface area contributed by atoms with Gasteiger partial charge in [0.2, 0.25) is 5.91 Å². The molecule has 6 heteroatoms. The maximum Gasteiger partial charge on any atom is 0.244 e. The summed E-state index contributed by atoms with van der Waals surface area (Å²) in [5.74, 6) is 0.327. The number of rotatable bonds is 3. The highest BCUT2D eigenvalue weighted by Gasteiger charge is 2.16. The van der Waals surface area contributed by atoms with Crippen molar-refractivity contribution >= 4 is 41.5 Å². The van der Waals surface area contributed by atoms with Gasteiger partial charge in [0.05, 0.1) is 0 Å². The van der Waals surface area contributed by atoms with E-state index in [1.807, 2.05) is 30.0 Å². The number of benzene rings is 1. The Kier molecular flexibility index (Phi) is 6.94. The molecule has 3 N–H and O–H groups in total. The molecule has 5 nitrogen and oxygen atoms in total. The number of nitrogens with zero attached hydrogens (tertiary/aromatic N) is 2. The third kappa shape index (κ3) is 5.18. The first-order valence-corrected chi connectivity index (χ1v) is 6.98. The van der Waals surface area contributed by atoms with E-state index >= 15 is 0 Å². The lowest BCUT2D eigenvalue weighted by molar-refractivity contribution is -0.128. The van der Waals surface area contributed by atoms with Crippen LogP contribution < -0.4 is 11.1 Å². The Labute approximate surface area is 143 Å². The molecule has 116 valence electrons. The predicted octanol–water partition coefficient (Wildman–Crippen LogP) is 2.27. The molecule has 1 saturated heterocycles. The summed E-state index contributed by atoms with van der Waals surface area (Å²) in [7, 11) is 0. The van der Waals surface area contributed by atoms with Crippen molar-refractivity contribution < 1.29 is 4.79 Å². The highest BCUT2D eigenvalue weighted by Crippen LogP contribution is 2.13. The van der Waals surface area contributed by atoms with Crippen LogP contribution in [0.15, 0.2) is 23.2 Å². The van der Waals surface area contributed by atoms with E-state index in [4.69, 9.17) is 5.73 Å². The van der Waals surface area contributed by atoms with Crippen molar-refractivity contribution in [2.24, 2.45) is 10.7 Å². The Balaban J connectivity index is 0.00000220. The summed E-state index contributed by atoms with van der Waals surface area (Å²) in [6.45, 7) is 5.91. The summed E-state index contributed by atoms with van der Waals surface area (Å²) >= 11 is 0. The van der Waals surface area contributed by atoms with Gasteiger partial charge in [0.25, 0.3) is 0 Å². The van der Waals surface area contributed by atoms with Gasteiger partial charge in [0.15, 0.2) is 5.96 Å². The summed E-state index contributed by atoms with van der Waals surface area (Å²) in [4.78, 5) is 17.8. The molecular weight excluding hydrogens is 379 g/mol. The van der Waals surface area contributed by atoms with E-state index < -0.39 is 0 Å². The molecule has 0 saturated carbocycles. The normalized spacial score (nSPS) is 14.8. The molecule has 1 amide bonds. The van der Waals surface area contributed by atoms with Gasteiger partial charge in [-0.3, -0.25) is 4.79 Å². The Bertz CT molecular complexity index is 524. The largest absolute Gasteiger partial charge is 0.370 e. The number of hydrogen-bond acceptors (Lipinski definition) is 2. The zero-order valence-corrected chi connectivity index (χ0v) is 14.9. The average Bonchev–Trinajstić information content (AvgIpc) is 2.94. The standard InChI is InChI=1S/C15H22N4O.HI/c1-11-5-6-13(9-12(11)2)18-15(16)17-10-14(20)19-7-3-4-8-19;/h5-6,9H,3-4,7-8,10H2,1-2H3,(H3,16,17,18);1H. The van der Waals surface area contributed by atoms with E-state index in [0.717, 1.165) is 31.6 Å². The molecule has 1 aromatic carbocycles. The van der Waals surface area contributed by atoms with Crippen LogP contribution in [0.5, 0.6) is 0 Å². The number of nitrogens with two attached hydrogens (primary N) is 1. The van der Waals surface area contributed by atoms with E-state index in [0.29, 0.717) is 0 Å². The van der Waals surface area contributed by atoms with Gasteiger partial charge in [-0.15, -0.1) is 24.0 Å². The quantitative estimate of drug-likeness (QED) is 0.463. The van der Waals surface area contributed by atoms with Gasteiger partial charge in [-0.2, -0.15) is 0 Å². The van der Waals surface area contributed by atoms with Crippen molar-refractivity contribution in [1.82, 2.24) is 4.90 Å². The summed E-state index contributed by atoms with van der Waals surface area (Å²) in [6, 6.07) is 5.99. The van der Waals surface area contributed by atoms with Crippen LogP contribution in [0.3, 0.4) is 0 Å². The van der Waals surface area contributed by atoms with Crippen molar-refractivity contribution in [3.63, 3.8) is 0 Å². The zero-order chi connectivity index (χ0) is 14.5. The molecule has 2 rings (SSSR count). The first-order chi connectivity index (χ1) is 9.56. The Hall–Kier alpha value is -1.31. The number of nitrogens with one attached hydrogen (secondary N) is 1. The Morgan fingerprint density at radius 3 is 2.57 bits per heavy atom. The number of halogens is 1. The van der Waals surface area contributed by atoms with Gasteiger partial charge >= 0.3 is 0 Å². The topological polar surface area (TPSA) is 70.7 Å². The molecule has 1 heterocycles. The zero-order valence-electron chi connectivity index (χ0n) is 12.6. The first kappa shape index (κ1) is 17.7. The van der Waals surface area contributed by atoms with E-state index in [9.17, 15) is 4.79 Å². The Morgan fingerprint density at radius 2 is 1.95 bits per heavy atom. The van der Waals surface area contributed by atoms with Crippen LogP contribution in [0.1, 0.15) is 24.0 Å². The second-order valence-corrected chi connectivity index (χ2v) is 5.21. The van der Waals surface area contributed by atoms with Gasteiger partial charge in [-0.25, -0.2) is 4.99 Å². The molecule has 0 aliphatic carbocycles. The molecule has 0 bridgehead atoms. The molecule has 1 aliphatic heterocycles. The van der Waals surface area contributed by atoms with Crippen LogP contribution >= 0.6 is 24.0 Å². The van der Waals surface area contributed by atoms with Crippen LogP contribution in [-0.2, 0) is 4.79 Å². The smallest absolute Gasteiger partial charge is 0.244 e. The highest BCUT2D eigenvalue weighted by atomic mass is 127. The number of aliphatic imine (C=N–C) groups is 1. The molecule has 1 aliphatic rings. The van der Waals surface area contributed by atoms with E-state index in [-0.39, 0.29) is 42.4 Å². The molecule has 0 spiro atoms. The number of carbonyl (C=O) groups excluding carboxylic acids is 1. The highest BCUT2D eigenvalue weighted by molar-refractivity contribution is 14.0. The second-order valence-electron chi connectivity index (χ2n) is 5.21. The minimum absolute atomic E-state index is 0. The van der Waals surface area contributed by atoms with Crippen LogP contribution in [0.2, 0.25) is 0 Å². The number of amides is 1. The maximum absolute atomic E-state index is 11.8. The van der Waals surface area contributed by atoms with Gasteiger partial charge in [-0.1, -0.05) is 6.07 Å². The lowest BCUT2D eigenvalue weighted by atomic mass is 10.1. The third-order valence-electron chi connectivity index (χ3n) is 3.62. The SMILES string of the molecule is Cc1ccc(NC(N)=NCC(=O)N2CCCC2)cc1C.I. The molecule has 0 radical (unpaired) electrons. The van der Waals surface area contributed by atoms with Crippen LogP contribution in [0, 0.1) is 13.8 Å². The third-order valence-corrected chi connectivity index (χ3v) is 3.62. The van der Waals surface area contributed by atoms with Crippen molar-refractivity contribution in [2.75, 3.05) is 25.0 Å². The van der Waals surface area contributed by atoms with Gasteiger partial charge in [0, 0.05) is 18.8 Å². The fourth-order valence-electron chi connectivity index (χ4n) is 2.23. The monoisotopic (exact) mass is 402 g/mol. The van der Waals surface area contributed by atoms with Crippen LogP contribution in [0.25, 0.3) is 0 Å². The second kappa shape index (κ2) is 8.21. The van der Waals surface area contributed by atoms with Crippen molar-refractivity contribution in [2.45, 2.75) is 26.7 Å². The summed E-state index contributed by atoms with van der Waals surface area (Å²) in [5, 5.41) is 3.01. The van der Waals surface area contributed by atoms with E-state index in [2.05, 4.69) is 17.2 Å². The number of anilines is 1. The number of aryl methyl sites for hydroxylation is 2. The van der Waals surface area contributed by atoms with E-state index in [1.54, 1.807) is 0 Å². The number of guanidine groups is 1. The lowest BCUT2D eigenvalue weighted by Crippen LogP contribution is -2.31. The first-order valence-electron chi connectivity index (χ1n) is 6.98. The number of carbonyl (C=O) groups is 1. The minimum Gasteiger partial charge on any atom is -0.370 e. The van der Waals surface area contributed by atoms with Crippen LogP contribution in [0.4, 0.5) is 5.69 Å². The predicted molar refractivity (Wildman–Crippen MR) is 97.3 cm³/mol. The molecule has 0 unspecified atom stereocenters. The number of likely N-dealkylation sites (tertiary alicyclic amines) is 1. The van der Waals surface area contributed by atoms with Gasteiger partial charge < -0.3 is 16.0 Å². The van der Waals surface area contributed by atoms with E-state index in [1.165, 1.54) is 11.1 Å². The van der Waals surface area contributed by atoms with Crippen molar-refractivity contribution in [3.05, 3.63) is 29.3 Å². The molecule has 0 aromatic heterocycles. The molecular formula is C15H23IN4O. The molecule has 0 atom stereocenters. The van der Waals surface area contributed by atoms with Gasteiger partial charge in [0.1, 0.15) is 6.54 Å². The molecule has 21 heavy (non-hydrogen) atoms. The summed E-state index contributed by atoms with van der Waals surface area (Å²) in [5.41, 5.74) is 9.12. The molecule has 1 fully saturated rings. The Morgan fingerprint density at radius 1 is 1.29 bits per heavy atom. The minimum atomic E-state index is 0. The fourth-order valence-corrected chi connectivity index (χ4v) is 2.23. The fraction of sp³-hybridized carbons (Fsp3) is 0.467. The average molecular weight is 402 g/mol. The maximum atomic E-state index is 11.8. The summed E-state index contributed by atoms with van der Waals surface area (Å²) in [6.07, 6.45) is 2.18. The molecule has 1 aromatic rings. The lowest BCUT2D eigenvalue weighted by Gasteiger charge is -2.13. The van der Waals surface area contributed by atoms with Crippen molar-refractivity contribution in [1.29, 1.82) is 0 Å².